The first kappa shape index (κ1) is 25.5. The Labute approximate surface area is 197 Å². The SMILES string of the molecule is C[C@@H](CC(C(=O)N[C@@H]1CC[C@H]2CN(Cc3ccc(F)cc3)C[C@H]21)N(C)C(=O)O)CC(C)(C)C. The molecule has 2 fully saturated rings. The molecule has 7 heteroatoms. The second-order valence-corrected chi connectivity index (χ2v) is 11.5. The van der Waals surface area contributed by atoms with E-state index in [4.69, 9.17) is 0 Å². The van der Waals surface area contributed by atoms with E-state index in [-0.39, 0.29) is 29.1 Å². The van der Waals surface area contributed by atoms with Crippen molar-refractivity contribution in [2.24, 2.45) is 23.2 Å². The molecule has 0 spiro atoms. The van der Waals surface area contributed by atoms with Gasteiger partial charge in [-0.1, -0.05) is 39.8 Å². The van der Waals surface area contributed by atoms with Crippen LogP contribution in [0.4, 0.5) is 9.18 Å². The Kier molecular flexibility index (Phi) is 8.04. The number of nitrogens with zero attached hydrogens (tertiary/aromatic N) is 2. The van der Waals surface area contributed by atoms with Crippen LogP contribution < -0.4 is 5.32 Å². The van der Waals surface area contributed by atoms with Crippen molar-refractivity contribution in [2.45, 2.75) is 72.0 Å². The molecule has 184 valence electrons. The maximum absolute atomic E-state index is 13.3. The highest BCUT2D eigenvalue weighted by Crippen LogP contribution is 2.39. The molecule has 2 amide bonds. The fraction of sp³-hybridized carbons (Fsp3) is 0.692. The van der Waals surface area contributed by atoms with Crippen LogP contribution in [-0.4, -0.2) is 59.1 Å². The van der Waals surface area contributed by atoms with Gasteiger partial charge in [0.1, 0.15) is 11.9 Å². The van der Waals surface area contributed by atoms with Crippen molar-refractivity contribution in [3.63, 3.8) is 0 Å². The topological polar surface area (TPSA) is 72.9 Å². The smallest absolute Gasteiger partial charge is 0.407 e. The highest BCUT2D eigenvalue weighted by atomic mass is 19.1. The average molecular weight is 462 g/mol. The monoisotopic (exact) mass is 461 g/mol. The fourth-order valence-corrected chi connectivity index (χ4v) is 5.88. The molecule has 1 aromatic carbocycles. The molecular formula is C26H40FN3O3. The van der Waals surface area contributed by atoms with E-state index in [2.05, 4.69) is 37.9 Å². The van der Waals surface area contributed by atoms with Gasteiger partial charge < -0.3 is 10.4 Å². The van der Waals surface area contributed by atoms with Crippen LogP contribution in [-0.2, 0) is 11.3 Å². The highest BCUT2D eigenvalue weighted by molar-refractivity contribution is 5.85. The Bertz CT molecular complexity index is 823. The fourth-order valence-electron chi connectivity index (χ4n) is 5.88. The minimum absolute atomic E-state index is 0.0725. The summed E-state index contributed by atoms with van der Waals surface area (Å²) in [6, 6.07) is 6.03. The van der Waals surface area contributed by atoms with Crippen molar-refractivity contribution in [3.8, 4) is 0 Å². The lowest BCUT2D eigenvalue weighted by Gasteiger charge is -2.31. The Morgan fingerprint density at radius 1 is 1.21 bits per heavy atom. The molecule has 1 unspecified atom stereocenters. The number of nitrogens with one attached hydrogen (secondary N) is 1. The lowest BCUT2D eigenvalue weighted by atomic mass is 9.82. The van der Waals surface area contributed by atoms with Gasteiger partial charge in [0.2, 0.25) is 5.91 Å². The molecule has 0 bridgehead atoms. The van der Waals surface area contributed by atoms with Gasteiger partial charge in [0.05, 0.1) is 0 Å². The predicted octanol–water partition coefficient (Wildman–Crippen LogP) is 4.59. The van der Waals surface area contributed by atoms with E-state index in [0.29, 0.717) is 18.3 Å². The number of hydrogen-bond donors (Lipinski definition) is 2. The molecule has 33 heavy (non-hydrogen) atoms. The quantitative estimate of drug-likeness (QED) is 0.594. The minimum Gasteiger partial charge on any atom is -0.465 e. The van der Waals surface area contributed by atoms with Gasteiger partial charge in [-0.15, -0.1) is 0 Å². The van der Waals surface area contributed by atoms with Gasteiger partial charge in [0, 0.05) is 32.7 Å². The summed E-state index contributed by atoms with van der Waals surface area (Å²) in [7, 11) is 1.49. The van der Waals surface area contributed by atoms with Crippen molar-refractivity contribution < 1.29 is 19.1 Å². The van der Waals surface area contributed by atoms with Gasteiger partial charge in [0.15, 0.2) is 0 Å². The molecule has 6 nitrogen and oxygen atoms in total. The summed E-state index contributed by atoms with van der Waals surface area (Å²) in [6.45, 7) is 11.2. The number of benzene rings is 1. The van der Waals surface area contributed by atoms with Crippen LogP contribution in [0.25, 0.3) is 0 Å². The number of fused-ring (bicyclic) bond motifs is 1. The number of hydrogen-bond acceptors (Lipinski definition) is 3. The molecule has 1 aromatic rings. The van der Waals surface area contributed by atoms with Crippen molar-refractivity contribution in [1.29, 1.82) is 0 Å². The van der Waals surface area contributed by atoms with Crippen LogP contribution in [0.1, 0.15) is 58.9 Å². The number of rotatable bonds is 8. The van der Waals surface area contributed by atoms with Gasteiger partial charge >= 0.3 is 6.09 Å². The molecular weight excluding hydrogens is 421 g/mol. The van der Waals surface area contributed by atoms with Gasteiger partial charge in [-0.3, -0.25) is 14.6 Å². The number of carboxylic acid groups (broad SMARTS) is 1. The summed E-state index contributed by atoms with van der Waals surface area (Å²) >= 11 is 0. The Balaban J connectivity index is 1.60. The van der Waals surface area contributed by atoms with E-state index in [1.165, 1.54) is 19.2 Å². The lowest BCUT2D eigenvalue weighted by Crippen LogP contribution is -2.52. The van der Waals surface area contributed by atoms with Crippen molar-refractivity contribution in [1.82, 2.24) is 15.1 Å². The number of amides is 2. The van der Waals surface area contributed by atoms with E-state index in [9.17, 15) is 19.1 Å². The Morgan fingerprint density at radius 3 is 2.48 bits per heavy atom. The number of carbonyl (C=O) groups is 2. The van der Waals surface area contributed by atoms with Crippen LogP contribution in [0.3, 0.4) is 0 Å². The van der Waals surface area contributed by atoms with Crippen LogP contribution in [0, 0.1) is 29.0 Å². The molecule has 5 atom stereocenters. The molecule has 3 rings (SSSR count). The van der Waals surface area contributed by atoms with E-state index in [1.807, 2.05) is 12.1 Å². The standard InChI is InChI=1S/C26H40FN3O3/c1-17(13-26(2,3)4)12-23(29(5)25(32)33)24(31)28-22-11-8-19-15-30(16-21(19)22)14-18-6-9-20(27)10-7-18/h6-7,9-10,17,19,21-23H,8,11-16H2,1-5H3,(H,28,31)(H,32,33)/t17-,19-,21+,22+,23?/m0/s1. The number of carbonyl (C=O) groups excluding carboxylic acids is 1. The molecule has 0 aromatic heterocycles. The van der Waals surface area contributed by atoms with Gasteiger partial charge in [-0.2, -0.15) is 0 Å². The average Bonchev–Trinajstić information content (AvgIpc) is 3.27. The van der Waals surface area contributed by atoms with Gasteiger partial charge in [0.25, 0.3) is 0 Å². The number of likely N-dealkylation sites (N-methyl/N-ethyl adjacent to an activating group) is 1. The summed E-state index contributed by atoms with van der Waals surface area (Å²) in [5.74, 6) is 0.737. The first-order chi connectivity index (χ1) is 15.4. The summed E-state index contributed by atoms with van der Waals surface area (Å²) < 4.78 is 13.2. The van der Waals surface area contributed by atoms with Crippen molar-refractivity contribution >= 4 is 12.0 Å². The highest BCUT2D eigenvalue weighted by Gasteiger charge is 2.44. The van der Waals surface area contributed by atoms with Gasteiger partial charge in [-0.25, -0.2) is 9.18 Å². The Morgan fingerprint density at radius 2 is 1.88 bits per heavy atom. The maximum Gasteiger partial charge on any atom is 0.407 e. The lowest BCUT2D eigenvalue weighted by molar-refractivity contribution is -0.127. The third-order valence-electron chi connectivity index (χ3n) is 7.24. The molecule has 2 N–H and O–H groups in total. The summed E-state index contributed by atoms with van der Waals surface area (Å²) in [6.07, 6.45) is 2.37. The largest absolute Gasteiger partial charge is 0.465 e. The van der Waals surface area contributed by atoms with E-state index >= 15 is 0 Å². The molecule has 1 heterocycles. The normalized spacial score (nSPS) is 24.8. The Hall–Kier alpha value is -2.15. The van der Waals surface area contributed by atoms with Crippen molar-refractivity contribution in [2.75, 3.05) is 20.1 Å². The van der Waals surface area contributed by atoms with E-state index in [1.54, 1.807) is 0 Å². The molecule has 1 aliphatic carbocycles. The van der Waals surface area contributed by atoms with E-state index < -0.39 is 12.1 Å². The molecule has 1 saturated heterocycles. The molecule has 0 radical (unpaired) electrons. The molecule has 2 aliphatic rings. The first-order valence-corrected chi connectivity index (χ1v) is 12.2. The second-order valence-electron chi connectivity index (χ2n) is 11.5. The third-order valence-corrected chi connectivity index (χ3v) is 7.24. The van der Waals surface area contributed by atoms with Crippen LogP contribution in [0.2, 0.25) is 0 Å². The van der Waals surface area contributed by atoms with Gasteiger partial charge in [-0.05, 0) is 66.5 Å². The maximum atomic E-state index is 13.3. The molecule has 1 saturated carbocycles. The molecule has 1 aliphatic heterocycles. The summed E-state index contributed by atoms with van der Waals surface area (Å²) in [5.41, 5.74) is 1.21. The number of likely N-dealkylation sites (tertiary alicyclic amines) is 1. The van der Waals surface area contributed by atoms with Crippen LogP contribution >= 0.6 is 0 Å². The van der Waals surface area contributed by atoms with Crippen molar-refractivity contribution in [3.05, 3.63) is 35.6 Å². The zero-order valence-corrected chi connectivity index (χ0v) is 20.7. The van der Waals surface area contributed by atoms with E-state index in [0.717, 1.165) is 49.4 Å². The second kappa shape index (κ2) is 10.4. The third kappa shape index (κ3) is 6.92. The first-order valence-electron chi connectivity index (χ1n) is 12.2. The summed E-state index contributed by atoms with van der Waals surface area (Å²) in [4.78, 5) is 28.5. The number of halogens is 1. The zero-order valence-electron chi connectivity index (χ0n) is 20.7. The van der Waals surface area contributed by atoms with Crippen LogP contribution in [0.15, 0.2) is 24.3 Å². The predicted molar refractivity (Wildman–Crippen MR) is 127 cm³/mol. The summed E-state index contributed by atoms with van der Waals surface area (Å²) in [5, 5.41) is 12.8. The minimum atomic E-state index is -1.08. The van der Waals surface area contributed by atoms with Crippen LogP contribution in [0.5, 0.6) is 0 Å². The zero-order chi connectivity index (χ0) is 24.3.